The van der Waals surface area contributed by atoms with Crippen LogP contribution in [0.5, 0.6) is 0 Å². The van der Waals surface area contributed by atoms with E-state index in [1.54, 1.807) is 0 Å². The van der Waals surface area contributed by atoms with Crippen molar-refractivity contribution in [3.05, 3.63) is 231 Å². The van der Waals surface area contributed by atoms with Crippen LogP contribution in [0.1, 0.15) is 0 Å². The molecule has 330 valence electrons. The van der Waals surface area contributed by atoms with Crippen LogP contribution < -0.4 is 0 Å². The Morgan fingerprint density at radius 3 is 1.32 bits per heavy atom. The summed E-state index contributed by atoms with van der Waals surface area (Å²) in [5.74, 6) is 0. The minimum absolute atomic E-state index is 0.841. The number of para-hydroxylation sites is 6. The second-order valence-electron chi connectivity index (χ2n) is 18.7. The van der Waals surface area contributed by atoms with Gasteiger partial charge in [-0.1, -0.05) is 121 Å². The van der Waals surface area contributed by atoms with Gasteiger partial charge in [-0.3, -0.25) is 4.98 Å². The van der Waals surface area contributed by atoms with Gasteiger partial charge in [0.2, 0.25) is 0 Å². The average Bonchev–Trinajstić information content (AvgIpc) is 4.24. The zero-order valence-electron chi connectivity index (χ0n) is 38.0. The maximum absolute atomic E-state index is 6.98. The Kier molecular flexibility index (Phi) is 7.79. The number of nitrogens with zero attached hydrogens (tertiary/aromatic N) is 4. The highest BCUT2D eigenvalue weighted by Gasteiger charge is 2.21. The number of fused-ring (bicyclic) bond motifs is 15. The van der Waals surface area contributed by atoms with Gasteiger partial charge in [0.05, 0.1) is 56.9 Å². The second kappa shape index (κ2) is 14.4. The number of benzene rings is 10. The molecule has 0 atom stereocenters. The Morgan fingerprint density at radius 2 is 0.704 bits per heavy atom. The first-order valence-electron chi connectivity index (χ1n) is 24.1. The molecule has 16 rings (SSSR count). The van der Waals surface area contributed by atoms with Crippen molar-refractivity contribution in [3.8, 4) is 39.3 Å². The van der Waals surface area contributed by atoms with E-state index in [0.717, 1.165) is 105 Å². The zero-order valence-corrected chi connectivity index (χ0v) is 38.0. The van der Waals surface area contributed by atoms with Gasteiger partial charge in [0.25, 0.3) is 0 Å². The second-order valence-corrected chi connectivity index (χ2v) is 18.7. The molecule has 0 saturated heterocycles. The normalized spacial score (nSPS) is 12.2. The predicted molar refractivity (Wildman–Crippen MR) is 293 cm³/mol. The summed E-state index contributed by atoms with van der Waals surface area (Å²) in [7, 11) is 0. The van der Waals surface area contributed by atoms with Crippen LogP contribution in [0.15, 0.2) is 240 Å². The molecular formula is C65H38N4O2. The molecule has 0 aliphatic carbocycles. The summed E-state index contributed by atoms with van der Waals surface area (Å²) in [5, 5.41) is 11.5. The van der Waals surface area contributed by atoms with E-state index in [-0.39, 0.29) is 0 Å². The average molecular weight is 907 g/mol. The molecule has 0 aliphatic rings. The highest BCUT2D eigenvalue weighted by molar-refractivity contribution is 6.16. The van der Waals surface area contributed by atoms with Crippen molar-refractivity contribution in [2.24, 2.45) is 0 Å². The van der Waals surface area contributed by atoms with Crippen molar-refractivity contribution in [2.75, 3.05) is 0 Å². The van der Waals surface area contributed by atoms with Gasteiger partial charge in [-0.05, 0) is 114 Å². The summed E-state index contributed by atoms with van der Waals surface area (Å²) in [4.78, 5) is 4.90. The summed E-state index contributed by atoms with van der Waals surface area (Å²) in [6.45, 7) is 0. The molecule has 6 aromatic heterocycles. The number of hydrogen-bond donors (Lipinski definition) is 0. The van der Waals surface area contributed by atoms with E-state index < -0.39 is 0 Å². The Hall–Kier alpha value is -9.65. The monoisotopic (exact) mass is 906 g/mol. The maximum Gasteiger partial charge on any atom is 0.143 e. The smallest absolute Gasteiger partial charge is 0.143 e. The summed E-state index contributed by atoms with van der Waals surface area (Å²) in [6.07, 6.45) is 3.95. The van der Waals surface area contributed by atoms with Crippen molar-refractivity contribution in [1.29, 1.82) is 0 Å². The highest BCUT2D eigenvalue weighted by atomic mass is 16.3. The molecule has 0 fully saturated rings. The fourth-order valence-electron chi connectivity index (χ4n) is 11.8. The van der Waals surface area contributed by atoms with E-state index in [1.165, 1.54) is 43.4 Å². The number of rotatable bonds is 5. The van der Waals surface area contributed by atoms with Crippen LogP contribution in [0.2, 0.25) is 0 Å². The molecule has 6 heteroatoms. The van der Waals surface area contributed by atoms with E-state index in [2.05, 4.69) is 220 Å². The molecule has 0 unspecified atom stereocenters. The van der Waals surface area contributed by atoms with Gasteiger partial charge >= 0.3 is 0 Å². The van der Waals surface area contributed by atoms with E-state index in [0.29, 0.717) is 0 Å². The quantitative estimate of drug-likeness (QED) is 0.173. The summed E-state index contributed by atoms with van der Waals surface area (Å²) < 4.78 is 20.4. The fraction of sp³-hybridized carbons (Fsp3) is 0. The summed E-state index contributed by atoms with van der Waals surface area (Å²) in [5.41, 5.74) is 17.7. The summed E-state index contributed by atoms with van der Waals surface area (Å²) >= 11 is 0. The first-order valence-corrected chi connectivity index (χ1v) is 24.1. The molecule has 0 radical (unpaired) electrons. The molecule has 16 aromatic rings. The third kappa shape index (κ3) is 5.50. The standard InChI is InChI=1S/C65H38N4O2/c1-7-19-56-45(13-1)46-14-2-8-20-57(46)67(56)42-27-30-64-54(36-42)55-34-41(33-51(65(55)71-64)40-26-29-63-53(32-40)50-18-6-12-24-62(50)70-63)39-25-28-61-52(31-39)49-17-5-11-23-60(49)69(61)44-35-43(37-66-38-44)68-58-21-9-3-15-47(58)48-16-4-10-22-59(48)68/h1-38H. The highest BCUT2D eigenvalue weighted by Crippen LogP contribution is 2.44. The van der Waals surface area contributed by atoms with Gasteiger partial charge in [0, 0.05) is 65.1 Å². The van der Waals surface area contributed by atoms with Crippen LogP contribution in [0, 0.1) is 0 Å². The Balaban J connectivity index is 0.913. The summed E-state index contributed by atoms with van der Waals surface area (Å²) in [6, 6.07) is 78.5. The molecule has 6 heterocycles. The van der Waals surface area contributed by atoms with Gasteiger partial charge in [0.15, 0.2) is 0 Å². The number of pyridine rings is 1. The lowest BCUT2D eigenvalue weighted by Gasteiger charge is -2.12. The minimum Gasteiger partial charge on any atom is -0.456 e. The lowest BCUT2D eigenvalue weighted by molar-refractivity contribution is 0.668. The molecule has 0 aliphatic heterocycles. The Labute approximate surface area is 405 Å². The third-order valence-electron chi connectivity index (χ3n) is 14.9. The van der Waals surface area contributed by atoms with E-state index >= 15 is 0 Å². The fourth-order valence-corrected chi connectivity index (χ4v) is 11.8. The largest absolute Gasteiger partial charge is 0.456 e. The molecule has 0 N–H and O–H groups in total. The van der Waals surface area contributed by atoms with E-state index in [1.807, 2.05) is 24.5 Å². The molecule has 0 amide bonds. The third-order valence-corrected chi connectivity index (χ3v) is 14.9. The predicted octanol–water partition coefficient (Wildman–Crippen LogP) is 17.5. The van der Waals surface area contributed by atoms with Crippen molar-refractivity contribution in [3.63, 3.8) is 0 Å². The topological polar surface area (TPSA) is 54.0 Å². The van der Waals surface area contributed by atoms with E-state index in [9.17, 15) is 0 Å². The first-order chi connectivity index (χ1) is 35.2. The SMILES string of the molecule is c1ccc2c(c1)oc1ccc(-c3cc(-c4ccc5c(c4)c4ccccc4n5-c4cncc(-n5c6ccccc6c6ccccc65)c4)cc4c3oc3ccc(-n5c6ccccc6c6ccccc65)cc34)cc12. The van der Waals surface area contributed by atoms with Crippen LogP contribution in [0.3, 0.4) is 0 Å². The molecule has 0 saturated carbocycles. The molecule has 6 nitrogen and oxygen atoms in total. The number of hydrogen-bond acceptors (Lipinski definition) is 3. The molecule has 10 aromatic carbocycles. The van der Waals surface area contributed by atoms with Gasteiger partial charge in [-0.2, -0.15) is 0 Å². The lowest BCUT2D eigenvalue weighted by atomic mass is 9.94. The van der Waals surface area contributed by atoms with Crippen molar-refractivity contribution in [2.45, 2.75) is 0 Å². The molecule has 0 spiro atoms. The van der Waals surface area contributed by atoms with Gasteiger partial charge in [-0.15, -0.1) is 0 Å². The van der Waals surface area contributed by atoms with Gasteiger partial charge in [0.1, 0.15) is 22.3 Å². The lowest BCUT2D eigenvalue weighted by Crippen LogP contribution is -1.99. The van der Waals surface area contributed by atoms with Crippen molar-refractivity contribution < 1.29 is 8.83 Å². The maximum atomic E-state index is 6.98. The van der Waals surface area contributed by atoms with Crippen LogP contribution in [-0.4, -0.2) is 18.7 Å². The van der Waals surface area contributed by atoms with E-state index in [4.69, 9.17) is 13.8 Å². The molecule has 71 heavy (non-hydrogen) atoms. The Morgan fingerprint density at radius 1 is 0.268 bits per heavy atom. The van der Waals surface area contributed by atoms with Crippen molar-refractivity contribution >= 4 is 109 Å². The Bertz CT molecular complexity index is 4800. The molecule has 0 bridgehead atoms. The van der Waals surface area contributed by atoms with Crippen molar-refractivity contribution in [1.82, 2.24) is 18.7 Å². The minimum atomic E-state index is 0.841. The number of furan rings is 2. The van der Waals surface area contributed by atoms with Crippen LogP contribution in [-0.2, 0) is 0 Å². The van der Waals surface area contributed by atoms with Gasteiger partial charge < -0.3 is 22.5 Å². The zero-order chi connectivity index (χ0) is 46.3. The number of aromatic nitrogens is 4. The molecular weight excluding hydrogens is 869 g/mol. The van der Waals surface area contributed by atoms with Gasteiger partial charge in [-0.25, -0.2) is 0 Å². The first kappa shape index (κ1) is 38.3. The van der Waals surface area contributed by atoms with Crippen LogP contribution in [0.4, 0.5) is 0 Å². The van der Waals surface area contributed by atoms with Crippen LogP contribution in [0.25, 0.3) is 149 Å². The van der Waals surface area contributed by atoms with Crippen LogP contribution >= 0.6 is 0 Å².